The SMILES string of the molecule is CC(C)CN(CC(N)=O)C(=O)N(CC(=O)O)C(C)(C)C. The molecule has 0 bridgehead atoms. The van der Waals surface area contributed by atoms with Gasteiger partial charge in [-0.2, -0.15) is 0 Å². The van der Waals surface area contributed by atoms with E-state index in [2.05, 4.69) is 0 Å². The topological polar surface area (TPSA) is 104 Å². The van der Waals surface area contributed by atoms with Gasteiger partial charge in [-0.1, -0.05) is 13.8 Å². The van der Waals surface area contributed by atoms with Crippen LogP contribution in [0.5, 0.6) is 0 Å². The summed E-state index contributed by atoms with van der Waals surface area (Å²) >= 11 is 0. The molecule has 3 amide bonds. The van der Waals surface area contributed by atoms with Crippen molar-refractivity contribution in [1.29, 1.82) is 0 Å². The summed E-state index contributed by atoms with van der Waals surface area (Å²) in [5.74, 6) is -1.58. The lowest BCUT2D eigenvalue weighted by Crippen LogP contribution is -2.55. The van der Waals surface area contributed by atoms with Gasteiger partial charge >= 0.3 is 12.0 Å². The number of aliphatic carboxylic acids is 1. The first-order valence-electron chi connectivity index (χ1n) is 6.51. The highest BCUT2D eigenvalue weighted by Gasteiger charge is 2.32. The van der Waals surface area contributed by atoms with Gasteiger partial charge in [-0.15, -0.1) is 0 Å². The summed E-state index contributed by atoms with van der Waals surface area (Å²) in [5.41, 5.74) is 4.49. The smallest absolute Gasteiger partial charge is 0.323 e. The molecule has 0 aromatic heterocycles. The predicted octanol–water partition coefficient (Wildman–Crippen LogP) is 0.735. The zero-order valence-corrected chi connectivity index (χ0v) is 12.8. The summed E-state index contributed by atoms with van der Waals surface area (Å²) in [5, 5.41) is 8.94. The summed E-state index contributed by atoms with van der Waals surface area (Å²) in [6.45, 7) is 8.73. The zero-order valence-electron chi connectivity index (χ0n) is 12.8. The number of urea groups is 1. The molecule has 116 valence electrons. The van der Waals surface area contributed by atoms with Crippen LogP contribution < -0.4 is 5.73 Å². The third-order valence-electron chi connectivity index (χ3n) is 2.54. The molecule has 0 heterocycles. The Balaban J connectivity index is 5.23. The first-order chi connectivity index (χ1) is 8.95. The van der Waals surface area contributed by atoms with E-state index in [4.69, 9.17) is 10.8 Å². The molecule has 0 spiro atoms. The fourth-order valence-electron chi connectivity index (χ4n) is 1.74. The Morgan fingerprint density at radius 2 is 1.65 bits per heavy atom. The number of nitrogens with two attached hydrogens (primary N) is 1. The molecule has 0 aromatic rings. The van der Waals surface area contributed by atoms with Crippen LogP contribution in [0, 0.1) is 5.92 Å². The number of hydrogen-bond acceptors (Lipinski definition) is 3. The average Bonchev–Trinajstić information content (AvgIpc) is 2.20. The van der Waals surface area contributed by atoms with Crippen LogP contribution >= 0.6 is 0 Å². The van der Waals surface area contributed by atoms with E-state index >= 15 is 0 Å². The van der Waals surface area contributed by atoms with Crippen molar-refractivity contribution in [2.75, 3.05) is 19.6 Å². The highest BCUT2D eigenvalue weighted by Crippen LogP contribution is 2.16. The number of carboxylic acid groups (broad SMARTS) is 1. The van der Waals surface area contributed by atoms with Gasteiger partial charge in [0.05, 0.1) is 0 Å². The second kappa shape index (κ2) is 7.12. The van der Waals surface area contributed by atoms with Gasteiger partial charge in [0.2, 0.25) is 5.91 Å². The van der Waals surface area contributed by atoms with Gasteiger partial charge in [0.15, 0.2) is 0 Å². The summed E-state index contributed by atoms with van der Waals surface area (Å²) in [6, 6.07) is -0.493. The number of amides is 3. The largest absolute Gasteiger partial charge is 0.480 e. The lowest BCUT2D eigenvalue weighted by atomic mass is 10.1. The lowest BCUT2D eigenvalue weighted by molar-refractivity contribution is -0.138. The molecule has 7 heteroatoms. The van der Waals surface area contributed by atoms with Crippen molar-refractivity contribution in [2.45, 2.75) is 40.2 Å². The maximum absolute atomic E-state index is 12.5. The van der Waals surface area contributed by atoms with E-state index in [0.29, 0.717) is 6.54 Å². The normalized spacial score (nSPS) is 11.3. The molecule has 3 N–H and O–H groups in total. The Bertz CT molecular complexity index is 374. The van der Waals surface area contributed by atoms with Crippen LogP contribution in [0.15, 0.2) is 0 Å². The zero-order chi connectivity index (χ0) is 16.1. The fraction of sp³-hybridized carbons (Fsp3) is 0.769. The van der Waals surface area contributed by atoms with Crippen molar-refractivity contribution >= 4 is 17.9 Å². The summed E-state index contributed by atoms with van der Waals surface area (Å²) in [6.07, 6.45) is 0. The quantitative estimate of drug-likeness (QED) is 0.751. The van der Waals surface area contributed by atoms with Crippen molar-refractivity contribution in [3.63, 3.8) is 0 Å². The van der Waals surface area contributed by atoms with Gasteiger partial charge in [0, 0.05) is 12.1 Å². The molecule has 0 unspecified atom stereocenters. The number of carbonyl (C=O) groups is 3. The second-order valence-electron chi connectivity index (χ2n) is 6.17. The molecule has 0 fully saturated rings. The molecule has 20 heavy (non-hydrogen) atoms. The van der Waals surface area contributed by atoms with Crippen molar-refractivity contribution in [1.82, 2.24) is 9.80 Å². The van der Waals surface area contributed by atoms with E-state index in [-0.39, 0.29) is 12.5 Å². The van der Waals surface area contributed by atoms with Gasteiger partial charge in [0.1, 0.15) is 13.1 Å². The number of carbonyl (C=O) groups excluding carboxylic acids is 2. The summed E-state index contributed by atoms with van der Waals surface area (Å²) < 4.78 is 0. The standard InChI is InChI=1S/C13H25N3O4/c1-9(2)6-15(7-10(14)17)12(20)16(8-11(18)19)13(3,4)5/h9H,6-8H2,1-5H3,(H2,14,17)(H,18,19). The monoisotopic (exact) mass is 287 g/mol. The first kappa shape index (κ1) is 18.2. The summed E-state index contributed by atoms with van der Waals surface area (Å²) in [7, 11) is 0. The molecule has 0 aliphatic carbocycles. The Morgan fingerprint density at radius 3 is 1.95 bits per heavy atom. The maximum Gasteiger partial charge on any atom is 0.323 e. The molecule has 0 saturated carbocycles. The van der Waals surface area contributed by atoms with Crippen LogP contribution in [0.3, 0.4) is 0 Å². The van der Waals surface area contributed by atoms with E-state index in [1.807, 2.05) is 13.8 Å². The van der Waals surface area contributed by atoms with E-state index in [1.165, 1.54) is 9.80 Å². The first-order valence-corrected chi connectivity index (χ1v) is 6.51. The fourth-order valence-corrected chi connectivity index (χ4v) is 1.74. The van der Waals surface area contributed by atoms with E-state index in [9.17, 15) is 14.4 Å². The van der Waals surface area contributed by atoms with Crippen LogP contribution in [0.25, 0.3) is 0 Å². The van der Waals surface area contributed by atoms with Gasteiger partial charge in [-0.3, -0.25) is 9.59 Å². The highest BCUT2D eigenvalue weighted by atomic mass is 16.4. The van der Waals surface area contributed by atoms with Crippen LogP contribution in [0.2, 0.25) is 0 Å². The molecular weight excluding hydrogens is 262 g/mol. The van der Waals surface area contributed by atoms with Crippen LogP contribution in [0.4, 0.5) is 4.79 Å². The molecule has 0 aliphatic heterocycles. The van der Waals surface area contributed by atoms with Crippen molar-refractivity contribution < 1.29 is 19.5 Å². The summed E-state index contributed by atoms with van der Waals surface area (Å²) in [4.78, 5) is 37.0. The number of rotatable bonds is 6. The molecule has 0 radical (unpaired) electrons. The Hall–Kier alpha value is -1.79. The van der Waals surface area contributed by atoms with Crippen molar-refractivity contribution in [2.24, 2.45) is 11.7 Å². The van der Waals surface area contributed by atoms with Crippen molar-refractivity contribution in [3.05, 3.63) is 0 Å². The number of hydrogen-bond donors (Lipinski definition) is 2. The van der Waals surface area contributed by atoms with Gasteiger partial charge in [0.25, 0.3) is 0 Å². The lowest BCUT2D eigenvalue weighted by Gasteiger charge is -2.38. The minimum absolute atomic E-state index is 0.143. The van der Waals surface area contributed by atoms with E-state index < -0.39 is 30.0 Å². The molecule has 0 aliphatic rings. The Labute approximate surface area is 119 Å². The molecule has 0 aromatic carbocycles. The molecular formula is C13H25N3O4. The predicted molar refractivity (Wildman–Crippen MR) is 75.1 cm³/mol. The number of primary amides is 1. The van der Waals surface area contributed by atoms with Crippen LogP contribution in [0.1, 0.15) is 34.6 Å². The number of carboxylic acids is 1. The van der Waals surface area contributed by atoms with Gasteiger partial charge < -0.3 is 20.6 Å². The van der Waals surface area contributed by atoms with Gasteiger partial charge in [-0.25, -0.2) is 4.79 Å². The van der Waals surface area contributed by atoms with Gasteiger partial charge in [-0.05, 0) is 26.7 Å². The highest BCUT2D eigenvalue weighted by molar-refractivity contribution is 5.85. The molecule has 0 atom stereocenters. The Kier molecular flexibility index (Phi) is 6.48. The van der Waals surface area contributed by atoms with Crippen molar-refractivity contribution in [3.8, 4) is 0 Å². The molecule has 0 saturated heterocycles. The Morgan fingerprint density at radius 1 is 1.15 bits per heavy atom. The maximum atomic E-state index is 12.5. The van der Waals surface area contributed by atoms with Crippen LogP contribution in [-0.4, -0.2) is 58.0 Å². The average molecular weight is 287 g/mol. The van der Waals surface area contributed by atoms with Crippen LogP contribution in [-0.2, 0) is 9.59 Å². The minimum atomic E-state index is -1.10. The molecule has 7 nitrogen and oxygen atoms in total. The number of nitrogens with zero attached hydrogens (tertiary/aromatic N) is 2. The van der Waals surface area contributed by atoms with E-state index in [1.54, 1.807) is 20.8 Å². The second-order valence-corrected chi connectivity index (χ2v) is 6.17. The molecule has 0 rings (SSSR count). The van der Waals surface area contributed by atoms with E-state index in [0.717, 1.165) is 0 Å². The third-order valence-corrected chi connectivity index (χ3v) is 2.54. The third kappa shape index (κ3) is 6.40. The minimum Gasteiger partial charge on any atom is -0.480 e.